The number of hydrogen-bond donors (Lipinski definition) is 2. The largest absolute Gasteiger partial charge is 0.507 e. The number of carbonyl (C=O) groups is 2. The van der Waals surface area contributed by atoms with Gasteiger partial charge in [-0.25, -0.2) is 0 Å². The van der Waals surface area contributed by atoms with Crippen molar-refractivity contribution in [2.24, 2.45) is 0 Å². The standard InChI is InChI=1S/C28H37N3O4/c1-5-17-35-22-11-9-21(10-12-22)25-24(26(32)23-18(2)19(3)29-20(23)4)27(33)28(34)31(25)16-15-30-13-7-6-8-14-30/h9-12,25,29,32H,5-8,13-17H2,1-4H3/b26-24+. The van der Waals surface area contributed by atoms with Gasteiger partial charge >= 0.3 is 0 Å². The highest BCUT2D eigenvalue weighted by Gasteiger charge is 2.46. The van der Waals surface area contributed by atoms with Gasteiger partial charge in [0.15, 0.2) is 0 Å². The van der Waals surface area contributed by atoms with Gasteiger partial charge in [0.05, 0.1) is 18.2 Å². The summed E-state index contributed by atoms with van der Waals surface area (Å²) in [5.41, 5.74) is 4.12. The van der Waals surface area contributed by atoms with Crippen LogP contribution in [0, 0.1) is 20.8 Å². The predicted molar refractivity (Wildman–Crippen MR) is 137 cm³/mol. The van der Waals surface area contributed by atoms with Crippen molar-refractivity contribution in [1.82, 2.24) is 14.8 Å². The first kappa shape index (κ1) is 25.0. The minimum absolute atomic E-state index is 0.112. The van der Waals surface area contributed by atoms with Crippen LogP contribution in [-0.4, -0.2) is 64.4 Å². The molecule has 1 unspecified atom stereocenters. The zero-order valence-corrected chi connectivity index (χ0v) is 21.3. The molecule has 0 bridgehead atoms. The van der Waals surface area contributed by atoms with Gasteiger partial charge in [0.1, 0.15) is 11.5 Å². The van der Waals surface area contributed by atoms with Crippen molar-refractivity contribution in [3.63, 3.8) is 0 Å². The van der Waals surface area contributed by atoms with Crippen LogP contribution in [-0.2, 0) is 9.59 Å². The fraction of sp³-hybridized carbons (Fsp3) is 0.500. The Labute approximate surface area is 207 Å². The zero-order chi connectivity index (χ0) is 25.1. The molecule has 1 aromatic heterocycles. The second kappa shape index (κ2) is 10.7. The van der Waals surface area contributed by atoms with E-state index in [1.54, 1.807) is 4.90 Å². The summed E-state index contributed by atoms with van der Waals surface area (Å²) < 4.78 is 5.73. The molecule has 0 aliphatic carbocycles. The van der Waals surface area contributed by atoms with E-state index < -0.39 is 17.7 Å². The number of aliphatic hydroxyl groups is 1. The van der Waals surface area contributed by atoms with Crippen molar-refractivity contribution in [3.8, 4) is 5.75 Å². The third-order valence-corrected chi connectivity index (χ3v) is 7.24. The van der Waals surface area contributed by atoms with Crippen LogP contribution >= 0.6 is 0 Å². The Balaban J connectivity index is 1.74. The third-order valence-electron chi connectivity index (χ3n) is 7.24. The number of amides is 1. The molecular formula is C28H37N3O4. The van der Waals surface area contributed by atoms with E-state index in [1.165, 1.54) is 6.42 Å². The highest BCUT2D eigenvalue weighted by molar-refractivity contribution is 6.46. The molecule has 35 heavy (non-hydrogen) atoms. The predicted octanol–water partition coefficient (Wildman–Crippen LogP) is 4.64. The van der Waals surface area contributed by atoms with Crippen LogP contribution in [0.4, 0.5) is 0 Å². The van der Waals surface area contributed by atoms with Gasteiger partial charge in [0, 0.05) is 30.0 Å². The Hall–Kier alpha value is -3.06. The molecule has 1 amide bonds. The summed E-state index contributed by atoms with van der Waals surface area (Å²) in [5, 5.41) is 11.4. The van der Waals surface area contributed by atoms with Gasteiger partial charge in [-0.2, -0.15) is 0 Å². The van der Waals surface area contributed by atoms with Crippen LogP contribution < -0.4 is 4.74 Å². The number of nitrogens with one attached hydrogen (secondary N) is 1. The minimum Gasteiger partial charge on any atom is -0.507 e. The maximum Gasteiger partial charge on any atom is 0.295 e. The molecule has 1 aromatic carbocycles. The molecular weight excluding hydrogens is 442 g/mol. The molecule has 2 N–H and O–H groups in total. The SMILES string of the molecule is CCCOc1ccc(C2/C(=C(\O)c3c(C)[nH]c(C)c3C)C(=O)C(=O)N2CCN2CCCCC2)cc1. The van der Waals surface area contributed by atoms with Gasteiger partial charge in [0.2, 0.25) is 0 Å². The number of hydrogen-bond acceptors (Lipinski definition) is 5. The van der Waals surface area contributed by atoms with Crippen molar-refractivity contribution in [2.45, 2.75) is 59.4 Å². The number of aliphatic hydroxyl groups excluding tert-OH is 1. The molecule has 4 rings (SSSR count). The molecule has 188 valence electrons. The average Bonchev–Trinajstić information content (AvgIpc) is 3.27. The number of ketones is 1. The quantitative estimate of drug-likeness (QED) is 0.327. The van der Waals surface area contributed by atoms with Crippen LogP contribution in [0.15, 0.2) is 29.8 Å². The van der Waals surface area contributed by atoms with Gasteiger partial charge in [-0.3, -0.25) is 9.59 Å². The molecule has 3 heterocycles. The van der Waals surface area contributed by atoms with Crippen molar-refractivity contribution < 1.29 is 19.4 Å². The molecule has 7 nitrogen and oxygen atoms in total. The second-order valence-electron chi connectivity index (χ2n) is 9.69. The molecule has 2 aromatic rings. The number of rotatable bonds is 8. The normalized spacial score (nSPS) is 20.6. The maximum absolute atomic E-state index is 13.3. The van der Waals surface area contributed by atoms with E-state index in [2.05, 4.69) is 16.8 Å². The second-order valence-corrected chi connectivity index (χ2v) is 9.69. The Morgan fingerprint density at radius 3 is 2.31 bits per heavy atom. The third kappa shape index (κ3) is 5.01. The fourth-order valence-electron chi connectivity index (χ4n) is 5.25. The van der Waals surface area contributed by atoms with Crippen molar-refractivity contribution in [3.05, 3.63) is 57.9 Å². The number of aromatic amines is 1. The van der Waals surface area contributed by atoms with Crippen LogP contribution in [0.1, 0.15) is 66.7 Å². The van der Waals surface area contributed by atoms with Crippen LogP contribution in [0.5, 0.6) is 5.75 Å². The molecule has 1 atom stereocenters. The van der Waals surface area contributed by atoms with E-state index in [4.69, 9.17) is 4.74 Å². The molecule has 0 radical (unpaired) electrons. The minimum atomic E-state index is -0.644. The van der Waals surface area contributed by atoms with Crippen LogP contribution in [0.25, 0.3) is 5.76 Å². The van der Waals surface area contributed by atoms with Gasteiger partial charge < -0.3 is 24.6 Å². The first-order valence-corrected chi connectivity index (χ1v) is 12.7. The molecule has 0 saturated carbocycles. The summed E-state index contributed by atoms with van der Waals surface area (Å²) in [6.45, 7) is 11.6. The number of carbonyl (C=O) groups excluding carboxylic acids is 2. The smallest absolute Gasteiger partial charge is 0.295 e. The highest BCUT2D eigenvalue weighted by Crippen LogP contribution is 2.41. The monoisotopic (exact) mass is 479 g/mol. The molecule has 2 aliphatic rings. The molecule has 2 saturated heterocycles. The van der Waals surface area contributed by atoms with E-state index in [-0.39, 0.29) is 11.3 Å². The van der Waals surface area contributed by atoms with Gasteiger partial charge in [0.25, 0.3) is 11.7 Å². The first-order valence-electron chi connectivity index (χ1n) is 12.7. The van der Waals surface area contributed by atoms with Crippen molar-refractivity contribution in [1.29, 1.82) is 0 Å². The Bertz CT molecular complexity index is 1110. The topological polar surface area (TPSA) is 85.9 Å². The lowest BCUT2D eigenvalue weighted by atomic mass is 9.94. The maximum atomic E-state index is 13.3. The number of piperidine rings is 1. The Morgan fingerprint density at radius 2 is 1.71 bits per heavy atom. The van der Waals surface area contributed by atoms with Gasteiger partial charge in [-0.15, -0.1) is 0 Å². The number of benzene rings is 1. The number of nitrogens with zero attached hydrogens (tertiary/aromatic N) is 2. The summed E-state index contributed by atoms with van der Waals surface area (Å²) in [6, 6.07) is 6.88. The number of likely N-dealkylation sites (tertiary alicyclic amines) is 2. The summed E-state index contributed by atoms with van der Waals surface area (Å²) in [4.78, 5) is 33.8. The number of aryl methyl sites for hydroxylation is 2. The number of Topliss-reactive ketones (excluding diaryl/α,β-unsaturated/α-hetero) is 1. The van der Waals surface area contributed by atoms with E-state index in [0.29, 0.717) is 25.3 Å². The molecule has 2 aliphatic heterocycles. The fourth-order valence-corrected chi connectivity index (χ4v) is 5.25. The summed E-state index contributed by atoms with van der Waals surface area (Å²) in [7, 11) is 0. The summed E-state index contributed by atoms with van der Waals surface area (Å²) in [6.07, 6.45) is 4.47. The Kier molecular flexibility index (Phi) is 7.65. The zero-order valence-electron chi connectivity index (χ0n) is 21.3. The summed E-state index contributed by atoms with van der Waals surface area (Å²) >= 11 is 0. The lowest BCUT2D eigenvalue weighted by Crippen LogP contribution is -2.39. The first-order chi connectivity index (χ1) is 16.8. The average molecular weight is 480 g/mol. The van der Waals surface area contributed by atoms with Crippen LogP contribution in [0.3, 0.4) is 0 Å². The Morgan fingerprint density at radius 1 is 1.03 bits per heavy atom. The molecule has 7 heteroatoms. The summed E-state index contributed by atoms with van der Waals surface area (Å²) in [5.74, 6) is -0.550. The molecule has 0 spiro atoms. The van der Waals surface area contributed by atoms with E-state index in [1.807, 2.05) is 45.0 Å². The number of ether oxygens (including phenoxy) is 1. The lowest BCUT2D eigenvalue weighted by molar-refractivity contribution is -0.140. The van der Waals surface area contributed by atoms with E-state index in [9.17, 15) is 14.7 Å². The lowest BCUT2D eigenvalue weighted by Gasteiger charge is -2.31. The van der Waals surface area contributed by atoms with Gasteiger partial charge in [-0.1, -0.05) is 25.5 Å². The van der Waals surface area contributed by atoms with E-state index >= 15 is 0 Å². The molecule has 2 fully saturated rings. The van der Waals surface area contributed by atoms with Crippen molar-refractivity contribution >= 4 is 17.4 Å². The highest BCUT2D eigenvalue weighted by atomic mass is 16.5. The van der Waals surface area contributed by atoms with E-state index in [0.717, 1.165) is 60.6 Å². The number of H-pyrrole nitrogens is 1. The number of aromatic nitrogens is 1. The van der Waals surface area contributed by atoms with Crippen LogP contribution in [0.2, 0.25) is 0 Å². The van der Waals surface area contributed by atoms with Gasteiger partial charge in [-0.05, 0) is 76.4 Å². The van der Waals surface area contributed by atoms with Crippen molar-refractivity contribution in [2.75, 3.05) is 32.8 Å².